The minimum Gasteiger partial charge on any atom is -0.371 e. The molecule has 3 aromatic rings. The smallest absolute Gasteiger partial charge is 0.268 e. The van der Waals surface area contributed by atoms with Gasteiger partial charge in [-0.15, -0.1) is 0 Å². The molecule has 2 aliphatic rings. The summed E-state index contributed by atoms with van der Waals surface area (Å²) in [6, 6.07) is 22.7. The molecule has 38 heavy (non-hydrogen) atoms. The largest absolute Gasteiger partial charge is 0.371 e. The van der Waals surface area contributed by atoms with Crippen LogP contribution in [0.4, 0.5) is 5.69 Å². The third kappa shape index (κ3) is 6.02. The first-order valence-electron chi connectivity index (χ1n) is 13.0. The minimum atomic E-state index is -0.233. The number of nitrogens with zero attached hydrogens (tertiary/aromatic N) is 2. The zero-order chi connectivity index (χ0) is 26.6. The number of nitrogens with one attached hydrogen (secondary N) is 1. The number of hydrogen-bond donors (Lipinski definition) is 1. The number of hydrazone groups is 1. The maximum Gasteiger partial charge on any atom is 0.268 e. The summed E-state index contributed by atoms with van der Waals surface area (Å²) >= 11 is 18.9. The topological polar surface area (TPSA) is 53.9 Å². The summed E-state index contributed by atoms with van der Waals surface area (Å²) in [6.07, 6.45) is 3.89. The van der Waals surface area contributed by atoms with E-state index in [4.69, 9.17) is 44.6 Å². The molecule has 1 aliphatic heterocycles. The van der Waals surface area contributed by atoms with Crippen LogP contribution in [-0.2, 0) is 16.1 Å². The molecule has 4 atom stereocenters. The van der Waals surface area contributed by atoms with Crippen molar-refractivity contribution < 1.29 is 9.53 Å². The molecule has 1 aliphatic carbocycles. The van der Waals surface area contributed by atoms with Gasteiger partial charge in [0.15, 0.2) is 0 Å². The molecule has 5 nitrogen and oxygen atoms in total. The first-order valence-corrected chi connectivity index (χ1v) is 14.1. The molecule has 0 bridgehead atoms. The normalized spacial score (nSPS) is 23.3. The van der Waals surface area contributed by atoms with Crippen LogP contribution in [0.15, 0.2) is 77.9 Å². The second kappa shape index (κ2) is 12.1. The molecule has 0 spiro atoms. The lowest BCUT2D eigenvalue weighted by molar-refractivity contribution is -0.117. The monoisotopic (exact) mass is 569 g/mol. The number of carbonyl (C=O) groups excluding carboxylic acids is 1. The Balaban J connectivity index is 1.38. The van der Waals surface area contributed by atoms with Crippen molar-refractivity contribution in [2.75, 3.05) is 5.01 Å². The van der Waals surface area contributed by atoms with Crippen LogP contribution in [0.5, 0.6) is 0 Å². The van der Waals surface area contributed by atoms with Gasteiger partial charge in [-0.1, -0.05) is 97.0 Å². The average molecular weight is 571 g/mol. The number of halogens is 3. The van der Waals surface area contributed by atoms with E-state index in [1.54, 1.807) is 12.1 Å². The van der Waals surface area contributed by atoms with Crippen molar-refractivity contribution in [3.8, 4) is 0 Å². The van der Waals surface area contributed by atoms with Gasteiger partial charge in [-0.3, -0.25) is 9.80 Å². The maximum absolute atomic E-state index is 13.7. The van der Waals surface area contributed by atoms with Gasteiger partial charge in [0.25, 0.3) is 5.91 Å². The van der Waals surface area contributed by atoms with Crippen LogP contribution in [0.2, 0.25) is 15.1 Å². The van der Waals surface area contributed by atoms with Crippen molar-refractivity contribution in [1.82, 2.24) is 5.32 Å². The molecule has 3 aromatic carbocycles. The minimum absolute atomic E-state index is 0.0425. The molecule has 5 rings (SSSR count). The predicted octanol–water partition coefficient (Wildman–Crippen LogP) is 7.84. The standard InChI is InChI=1S/C30H30Cl3N3O2/c1-19-28(30(37)34-25-9-5-6-10-27(25)38-18-20-7-3-2-4-8-20)35-36(26-16-15-23(32)17-24(26)33)29(19)21-11-13-22(31)14-12-21/h2-4,7-8,11-17,19,25,27,29H,5-6,9-10,18H2,1H3,(H,34,37)/t19?,25-,27-,29?/m0/s1. The van der Waals surface area contributed by atoms with Gasteiger partial charge in [-0.05, 0) is 54.3 Å². The molecule has 1 heterocycles. The number of benzene rings is 3. The van der Waals surface area contributed by atoms with Crippen LogP contribution < -0.4 is 10.3 Å². The first-order chi connectivity index (χ1) is 18.4. The highest BCUT2D eigenvalue weighted by Crippen LogP contribution is 2.42. The number of hydrogen-bond acceptors (Lipinski definition) is 4. The number of anilines is 1. The van der Waals surface area contributed by atoms with Gasteiger partial charge in [-0.2, -0.15) is 5.10 Å². The highest BCUT2D eigenvalue weighted by molar-refractivity contribution is 6.41. The van der Waals surface area contributed by atoms with Crippen LogP contribution in [0.25, 0.3) is 0 Å². The third-order valence-corrected chi connectivity index (χ3v) is 8.10. The van der Waals surface area contributed by atoms with E-state index in [2.05, 4.69) is 17.4 Å². The zero-order valence-corrected chi connectivity index (χ0v) is 23.4. The summed E-state index contributed by atoms with van der Waals surface area (Å²) in [6.45, 7) is 2.54. The average Bonchev–Trinajstić information content (AvgIpc) is 3.26. The Morgan fingerprint density at radius 3 is 2.42 bits per heavy atom. The Morgan fingerprint density at radius 1 is 0.974 bits per heavy atom. The van der Waals surface area contributed by atoms with E-state index in [1.165, 1.54) is 0 Å². The SMILES string of the molecule is CC1C(C(=O)N[C@H]2CCCC[C@@H]2OCc2ccccc2)=NN(c2ccc(Cl)cc2Cl)C1c1ccc(Cl)cc1. The van der Waals surface area contributed by atoms with E-state index < -0.39 is 0 Å². The molecule has 1 fully saturated rings. The molecule has 2 unspecified atom stereocenters. The lowest BCUT2D eigenvalue weighted by Gasteiger charge is -2.32. The van der Waals surface area contributed by atoms with E-state index in [0.717, 1.165) is 36.8 Å². The fourth-order valence-corrected chi connectivity index (χ4v) is 5.95. The van der Waals surface area contributed by atoms with Crippen LogP contribution in [-0.4, -0.2) is 23.8 Å². The Hall–Kier alpha value is -2.57. The summed E-state index contributed by atoms with van der Waals surface area (Å²) in [5.41, 5.74) is 3.26. The fourth-order valence-electron chi connectivity index (χ4n) is 5.32. The second-order valence-corrected chi connectivity index (χ2v) is 11.2. The number of ether oxygens (including phenoxy) is 1. The lowest BCUT2D eigenvalue weighted by atomic mass is 9.89. The summed E-state index contributed by atoms with van der Waals surface area (Å²) in [7, 11) is 0. The van der Waals surface area contributed by atoms with Crippen LogP contribution in [0, 0.1) is 5.92 Å². The van der Waals surface area contributed by atoms with Crippen molar-refractivity contribution in [3.05, 3.63) is 99.0 Å². The molecule has 8 heteroatoms. The molecule has 0 saturated heterocycles. The summed E-state index contributed by atoms with van der Waals surface area (Å²) in [4.78, 5) is 13.7. The quantitative estimate of drug-likeness (QED) is 0.315. The Labute approximate surface area is 238 Å². The van der Waals surface area contributed by atoms with Crippen molar-refractivity contribution in [2.24, 2.45) is 11.0 Å². The fraction of sp³-hybridized carbons (Fsp3) is 0.333. The third-order valence-electron chi connectivity index (χ3n) is 7.31. The number of amides is 1. The van der Waals surface area contributed by atoms with Crippen LogP contribution in [0.3, 0.4) is 0 Å². The Bertz CT molecular complexity index is 1300. The summed E-state index contributed by atoms with van der Waals surface area (Å²) < 4.78 is 6.28. The van der Waals surface area contributed by atoms with Gasteiger partial charge >= 0.3 is 0 Å². The summed E-state index contributed by atoms with van der Waals surface area (Å²) in [5.74, 6) is -0.376. The van der Waals surface area contributed by atoms with Crippen LogP contribution >= 0.6 is 34.8 Å². The van der Waals surface area contributed by atoms with E-state index in [9.17, 15) is 4.79 Å². The highest BCUT2D eigenvalue weighted by atomic mass is 35.5. The molecule has 1 N–H and O–H groups in total. The predicted molar refractivity (Wildman–Crippen MR) is 155 cm³/mol. The zero-order valence-electron chi connectivity index (χ0n) is 21.1. The van der Waals surface area contributed by atoms with E-state index in [-0.39, 0.29) is 30.0 Å². The van der Waals surface area contributed by atoms with E-state index in [1.807, 2.05) is 60.5 Å². The van der Waals surface area contributed by atoms with Gasteiger partial charge in [0.05, 0.1) is 35.5 Å². The molecule has 1 amide bonds. The van der Waals surface area contributed by atoms with Crippen molar-refractivity contribution in [2.45, 2.75) is 57.4 Å². The Morgan fingerprint density at radius 2 is 1.68 bits per heavy atom. The van der Waals surface area contributed by atoms with Gasteiger partial charge < -0.3 is 10.1 Å². The Kier molecular flexibility index (Phi) is 8.59. The van der Waals surface area contributed by atoms with Gasteiger partial charge in [0, 0.05) is 16.0 Å². The first kappa shape index (κ1) is 27.0. The van der Waals surface area contributed by atoms with Crippen molar-refractivity contribution >= 4 is 52.1 Å². The maximum atomic E-state index is 13.7. The molecular weight excluding hydrogens is 541 g/mol. The van der Waals surface area contributed by atoms with E-state index >= 15 is 0 Å². The molecule has 0 aromatic heterocycles. The van der Waals surface area contributed by atoms with Gasteiger partial charge in [0.1, 0.15) is 5.71 Å². The summed E-state index contributed by atoms with van der Waals surface area (Å²) in [5, 5.41) is 11.6. The van der Waals surface area contributed by atoms with Gasteiger partial charge in [0.2, 0.25) is 0 Å². The highest BCUT2D eigenvalue weighted by Gasteiger charge is 2.41. The molecular formula is C30H30Cl3N3O2. The molecule has 0 radical (unpaired) electrons. The van der Waals surface area contributed by atoms with Crippen molar-refractivity contribution in [3.63, 3.8) is 0 Å². The lowest BCUT2D eigenvalue weighted by Crippen LogP contribution is -2.49. The van der Waals surface area contributed by atoms with Crippen molar-refractivity contribution in [1.29, 1.82) is 0 Å². The number of carbonyl (C=O) groups is 1. The molecule has 198 valence electrons. The van der Waals surface area contributed by atoms with Crippen LogP contribution in [0.1, 0.15) is 49.8 Å². The second-order valence-electron chi connectivity index (χ2n) is 9.91. The van der Waals surface area contributed by atoms with E-state index in [0.29, 0.717) is 33.1 Å². The number of rotatable bonds is 7. The van der Waals surface area contributed by atoms with Gasteiger partial charge in [-0.25, -0.2) is 0 Å². The molecule has 1 saturated carbocycles.